The molecule has 2 aromatic rings. The van der Waals surface area contributed by atoms with Crippen LogP contribution in [0.4, 0.5) is 20.2 Å². The van der Waals surface area contributed by atoms with Crippen LogP contribution in [0.3, 0.4) is 0 Å². The van der Waals surface area contributed by atoms with Crippen molar-refractivity contribution in [2.75, 3.05) is 10.6 Å². The largest absolute Gasteiger partial charge is 0.357 e. The predicted molar refractivity (Wildman–Crippen MR) is 100 cm³/mol. The molecule has 4 nitrogen and oxygen atoms in total. The first-order chi connectivity index (χ1) is 12.7. The van der Waals surface area contributed by atoms with Gasteiger partial charge in [0.1, 0.15) is 11.6 Å². The second kappa shape index (κ2) is 7.31. The summed E-state index contributed by atoms with van der Waals surface area (Å²) < 4.78 is 26.9. The fraction of sp³-hybridized carbons (Fsp3) is 0.238. The fourth-order valence-electron chi connectivity index (χ4n) is 3.16. The van der Waals surface area contributed by atoms with Crippen LogP contribution in [-0.4, -0.2) is 11.7 Å². The standard InChI is InChI=1S/C21H20F2N2O2/c1-21(2)11-14(10-15(26)12-21)24-18-5-3-4-6-19(18)25-20(27)16-8-7-13(22)9-17(16)23/h3-10,24H,11-12H2,1-2H3,(H,25,27). The number of hydrogen-bond donors (Lipinski definition) is 2. The number of halogens is 2. The lowest BCUT2D eigenvalue weighted by molar-refractivity contribution is -0.117. The molecule has 6 heteroatoms. The van der Waals surface area contributed by atoms with Crippen molar-refractivity contribution in [2.45, 2.75) is 26.7 Å². The van der Waals surface area contributed by atoms with Gasteiger partial charge in [0.15, 0.2) is 5.78 Å². The summed E-state index contributed by atoms with van der Waals surface area (Å²) in [4.78, 5) is 24.3. The minimum Gasteiger partial charge on any atom is -0.357 e. The van der Waals surface area contributed by atoms with E-state index < -0.39 is 17.5 Å². The average molecular weight is 370 g/mol. The molecule has 0 saturated heterocycles. The molecule has 2 N–H and O–H groups in total. The monoisotopic (exact) mass is 370 g/mol. The Labute approximate surface area is 156 Å². The number of nitrogens with one attached hydrogen (secondary N) is 2. The van der Waals surface area contributed by atoms with Crippen LogP contribution in [0.1, 0.15) is 37.0 Å². The van der Waals surface area contributed by atoms with E-state index >= 15 is 0 Å². The van der Waals surface area contributed by atoms with Gasteiger partial charge in [-0.1, -0.05) is 26.0 Å². The van der Waals surface area contributed by atoms with E-state index in [2.05, 4.69) is 10.6 Å². The van der Waals surface area contributed by atoms with Crippen LogP contribution in [-0.2, 0) is 4.79 Å². The van der Waals surface area contributed by atoms with Crippen LogP contribution in [0, 0.1) is 17.0 Å². The van der Waals surface area contributed by atoms with Gasteiger partial charge in [-0.25, -0.2) is 8.78 Å². The molecule has 0 heterocycles. The van der Waals surface area contributed by atoms with E-state index in [0.717, 1.165) is 17.8 Å². The van der Waals surface area contributed by atoms with Crippen molar-refractivity contribution in [3.63, 3.8) is 0 Å². The molecule has 27 heavy (non-hydrogen) atoms. The molecule has 0 atom stereocenters. The van der Waals surface area contributed by atoms with Gasteiger partial charge in [0.05, 0.1) is 16.9 Å². The highest BCUT2D eigenvalue weighted by Crippen LogP contribution is 2.35. The molecule has 0 spiro atoms. The van der Waals surface area contributed by atoms with E-state index in [4.69, 9.17) is 0 Å². The molecule has 0 bridgehead atoms. The minimum atomic E-state index is -0.930. The zero-order valence-corrected chi connectivity index (χ0v) is 15.1. The predicted octanol–water partition coefficient (Wildman–Crippen LogP) is 4.90. The van der Waals surface area contributed by atoms with Gasteiger partial charge >= 0.3 is 0 Å². The van der Waals surface area contributed by atoms with Crippen LogP contribution in [0.2, 0.25) is 0 Å². The Bertz CT molecular complexity index is 936. The highest BCUT2D eigenvalue weighted by Gasteiger charge is 2.27. The molecule has 2 aromatic carbocycles. The molecule has 0 fully saturated rings. The second-order valence-corrected chi connectivity index (χ2v) is 7.40. The molecule has 0 radical (unpaired) electrons. The Hall–Kier alpha value is -3.02. The van der Waals surface area contributed by atoms with Crippen molar-refractivity contribution in [3.8, 4) is 0 Å². The van der Waals surface area contributed by atoms with Gasteiger partial charge in [-0.05, 0) is 36.1 Å². The van der Waals surface area contributed by atoms with Gasteiger partial charge in [0, 0.05) is 24.3 Å². The lowest BCUT2D eigenvalue weighted by Gasteiger charge is -2.29. The van der Waals surface area contributed by atoms with E-state index in [9.17, 15) is 18.4 Å². The second-order valence-electron chi connectivity index (χ2n) is 7.40. The van der Waals surface area contributed by atoms with E-state index in [1.165, 1.54) is 0 Å². The Morgan fingerprint density at radius 3 is 2.41 bits per heavy atom. The maximum Gasteiger partial charge on any atom is 0.258 e. The van der Waals surface area contributed by atoms with E-state index in [1.54, 1.807) is 30.3 Å². The number of rotatable bonds is 4. The third-order valence-corrected chi connectivity index (χ3v) is 4.30. The molecule has 1 aliphatic carbocycles. The lowest BCUT2D eigenvalue weighted by Crippen LogP contribution is -2.24. The molecule has 0 unspecified atom stereocenters. The summed E-state index contributed by atoms with van der Waals surface area (Å²) in [5.74, 6) is -2.32. The number of para-hydroxylation sites is 2. The summed E-state index contributed by atoms with van der Waals surface area (Å²) in [7, 11) is 0. The fourth-order valence-corrected chi connectivity index (χ4v) is 3.16. The molecule has 0 aliphatic heterocycles. The van der Waals surface area contributed by atoms with Crippen LogP contribution in [0.25, 0.3) is 0 Å². The number of amides is 1. The third-order valence-electron chi connectivity index (χ3n) is 4.30. The Balaban J connectivity index is 1.82. The average Bonchev–Trinajstić information content (AvgIpc) is 2.54. The van der Waals surface area contributed by atoms with Crippen LogP contribution >= 0.6 is 0 Å². The molecular weight excluding hydrogens is 350 g/mol. The van der Waals surface area contributed by atoms with Gasteiger partial charge in [0.2, 0.25) is 0 Å². The van der Waals surface area contributed by atoms with E-state index in [-0.39, 0.29) is 16.8 Å². The van der Waals surface area contributed by atoms with Gasteiger partial charge in [-0.3, -0.25) is 9.59 Å². The smallest absolute Gasteiger partial charge is 0.258 e. The van der Waals surface area contributed by atoms with Crippen molar-refractivity contribution >= 4 is 23.1 Å². The Morgan fingerprint density at radius 1 is 1.04 bits per heavy atom. The first kappa shape index (κ1) is 18.8. The SMILES string of the molecule is CC1(C)CC(=O)C=C(Nc2ccccc2NC(=O)c2ccc(F)cc2F)C1. The molecule has 1 aliphatic rings. The van der Waals surface area contributed by atoms with Crippen LogP contribution < -0.4 is 10.6 Å². The maximum absolute atomic E-state index is 13.8. The van der Waals surface area contributed by atoms with E-state index in [0.29, 0.717) is 30.3 Å². The molecule has 0 aromatic heterocycles. The van der Waals surface area contributed by atoms with Crippen molar-refractivity contribution < 1.29 is 18.4 Å². The summed E-state index contributed by atoms with van der Waals surface area (Å²) >= 11 is 0. The summed E-state index contributed by atoms with van der Waals surface area (Å²) in [6.07, 6.45) is 2.75. The minimum absolute atomic E-state index is 0.0450. The number of benzene rings is 2. The first-order valence-electron chi connectivity index (χ1n) is 8.59. The number of ketones is 1. The summed E-state index contributed by atoms with van der Waals surface area (Å²) in [5.41, 5.74) is 1.38. The molecular formula is C21H20F2N2O2. The summed E-state index contributed by atoms with van der Waals surface area (Å²) in [5, 5.41) is 5.82. The maximum atomic E-state index is 13.8. The molecule has 140 valence electrons. The number of hydrogen-bond acceptors (Lipinski definition) is 3. The van der Waals surface area contributed by atoms with Gasteiger partial charge in [-0.15, -0.1) is 0 Å². The van der Waals surface area contributed by atoms with Crippen LogP contribution in [0.5, 0.6) is 0 Å². The van der Waals surface area contributed by atoms with Gasteiger partial charge in [0.25, 0.3) is 5.91 Å². The highest BCUT2D eigenvalue weighted by atomic mass is 19.1. The van der Waals surface area contributed by atoms with Crippen molar-refractivity contribution in [1.82, 2.24) is 0 Å². The van der Waals surface area contributed by atoms with Crippen LogP contribution in [0.15, 0.2) is 54.2 Å². The lowest BCUT2D eigenvalue weighted by atomic mass is 9.79. The van der Waals surface area contributed by atoms with Gasteiger partial charge < -0.3 is 10.6 Å². The Kier molecular flexibility index (Phi) is 5.08. The van der Waals surface area contributed by atoms with E-state index in [1.807, 2.05) is 13.8 Å². The van der Waals surface area contributed by atoms with Crippen molar-refractivity contribution in [2.24, 2.45) is 5.41 Å². The highest BCUT2D eigenvalue weighted by molar-refractivity contribution is 6.06. The van der Waals surface area contributed by atoms with Crippen molar-refractivity contribution in [3.05, 3.63) is 71.4 Å². The topological polar surface area (TPSA) is 58.2 Å². The molecule has 0 saturated carbocycles. The number of carbonyl (C=O) groups excluding carboxylic acids is 2. The van der Waals surface area contributed by atoms with Gasteiger partial charge in [-0.2, -0.15) is 0 Å². The molecule has 1 amide bonds. The van der Waals surface area contributed by atoms with Crippen molar-refractivity contribution in [1.29, 1.82) is 0 Å². The normalized spacial score (nSPS) is 15.9. The number of allylic oxidation sites excluding steroid dienone is 2. The number of anilines is 2. The summed E-state index contributed by atoms with van der Waals surface area (Å²) in [6.45, 7) is 4.04. The zero-order chi connectivity index (χ0) is 19.6. The first-order valence-corrected chi connectivity index (χ1v) is 8.59. The zero-order valence-electron chi connectivity index (χ0n) is 15.1. The number of carbonyl (C=O) groups is 2. The summed E-state index contributed by atoms with van der Waals surface area (Å²) in [6, 6.07) is 9.73. The quantitative estimate of drug-likeness (QED) is 0.805. The molecule has 3 rings (SSSR count). The third kappa shape index (κ3) is 4.58. The Morgan fingerprint density at radius 2 is 1.74 bits per heavy atom.